The van der Waals surface area contributed by atoms with Crippen LogP contribution in [0.5, 0.6) is 0 Å². The van der Waals surface area contributed by atoms with Crippen molar-refractivity contribution in [2.75, 3.05) is 19.6 Å². The Morgan fingerprint density at radius 3 is 2.35 bits per heavy atom. The number of piperazine rings is 1. The molecule has 1 fully saturated rings. The number of nitrogens with zero attached hydrogens (tertiary/aromatic N) is 1. The summed E-state index contributed by atoms with van der Waals surface area (Å²) in [6, 6.07) is 1.42. The Morgan fingerprint density at radius 2 is 1.82 bits per heavy atom. The molecule has 0 radical (unpaired) electrons. The van der Waals surface area contributed by atoms with E-state index in [1.165, 1.54) is 38.9 Å². The maximum Gasteiger partial charge on any atom is 0.0244 e. The molecule has 1 rings (SSSR count). The van der Waals surface area contributed by atoms with Gasteiger partial charge in [0.2, 0.25) is 0 Å². The first-order valence-corrected chi connectivity index (χ1v) is 7.53. The first-order valence-electron chi connectivity index (χ1n) is 7.53. The quantitative estimate of drug-likeness (QED) is 0.718. The second kappa shape index (κ2) is 7.38. The van der Waals surface area contributed by atoms with E-state index in [-0.39, 0.29) is 0 Å². The molecule has 0 aromatic rings. The fourth-order valence-corrected chi connectivity index (χ4v) is 2.78. The number of hydrogen-bond acceptors (Lipinski definition) is 2. The van der Waals surface area contributed by atoms with Crippen molar-refractivity contribution < 1.29 is 0 Å². The molecule has 0 amide bonds. The summed E-state index contributed by atoms with van der Waals surface area (Å²) in [5.74, 6) is 1.51. The molecule has 2 unspecified atom stereocenters. The van der Waals surface area contributed by atoms with Crippen LogP contribution in [0.2, 0.25) is 0 Å². The minimum absolute atomic E-state index is 0.687. The third-order valence-corrected chi connectivity index (χ3v) is 4.11. The normalized spacial score (nSPS) is 27.0. The van der Waals surface area contributed by atoms with Gasteiger partial charge < -0.3 is 5.32 Å². The van der Waals surface area contributed by atoms with Crippen LogP contribution >= 0.6 is 0 Å². The van der Waals surface area contributed by atoms with Gasteiger partial charge in [-0.2, -0.15) is 0 Å². The molecule has 1 aliphatic rings. The smallest absolute Gasteiger partial charge is 0.0244 e. The molecule has 0 saturated carbocycles. The second-order valence-corrected chi connectivity index (χ2v) is 6.27. The molecule has 102 valence electrons. The molecule has 2 atom stereocenters. The monoisotopic (exact) mass is 240 g/mol. The Bertz CT molecular complexity index is 201. The van der Waals surface area contributed by atoms with Gasteiger partial charge in [-0.05, 0) is 24.8 Å². The summed E-state index contributed by atoms with van der Waals surface area (Å²) in [5.41, 5.74) is 0. The SMILES string of the molecule is CCCCCN1CC(C(C)C)NCC1C(C)C. The van der Waals surface area contributed by atoms with Gasteiger partial charge in [-0.1, -0.05) is 47.5 Å². The van der Waals surface area contributed by atoms with E-state index in [0.717, 1.165) is 17.9 Å². The van der Waals surface area contributed by atoms with Crippen molar-refractivity contribution in [2.45, 2.75) is 66.0 Å². The van der Waals surface area contributed by atoms with Gasteiger partial charge in [0, 0.05) is 25.2 Å². The van der Waals surface area contributed by atoms with Crippen LogP contribution in [0.1, 0.15) is 53.9 Å². The van der Waals surface area contributed by atoms with Crippen molar-refractivity contribution in [3.63, 3.8) is 0 Å². The van der Waals surface area contributed by atoms with Crippen molar-refractivity contribution in [1.29, 1.82) is 0 Å². The summed E-state index contributed by atoms with van der Waals surface area (Å²) in [5, 5.41) is 3.73. The van der Waals surface area contributed by atoms with Crippen LogP contribution in [0.4, 0.5) is 0 Å². The predicted molar refractivity (Wildman–Crippen MR) is 76.4 cm³/mol. The standard InChI is InChI=1S/C15H32N2/c1-6-7-8-9-17-11-14(12(2)3)16-10-15(17)13(4)5/h12-16H,6-11H2,1-5H3. The van der Waals surface area contributed by atoms with Crippen LogP contribution < -0.4 is 5.32 Å². The van der Waals surface area contributed by atoms with E-state index in [1.54, 1.807) is 0 Å². The number of unbranched alkanes of at least 4 members (excludes halogenated alkanes) is 2. The summed E-state index contributed by atoms with van der Waals surface area (Å²) < 4.78 is 0. The van der Waals surface area contributed by atoms with E-state index in [0.29, 0.717) is 6.04 Å². The fraction of sp³-hybridized carbons (Fsp3) is 1.00. The van der Waals surface area contributed by atoms with Gasteiger partial charge in [-0.15, -0.1) is 0 Å². The van der Waals surface area contributed by atoms with E-state index in [4.69, 9.17) is 0 Å². The molecule has 1 N–H and O–H groups in total. The number of rotatable bonds is 6. The molecule has 2 nitrogen and oxygen atoms in total. The third kappa shape index (κ3) is 4.59. The topological polar surface area (TPSA) is 15.3 Å². The zero-order chi connectivity index (χ0) is 12.8. The molecule has 17 heavy (non-hydrogen) atoms. The summed E-state index contributed by atoms with van der Waals surface area (Å²) in [6.45, 7) is 15.4. The van der Waals surface area contributed by atoms with E-state index in [2.05, 4.69) is 44.8 Å². The minimum Gasteiger partial charge on any atom is -0.311 e. The highest BCUT2D eigenvalue weighted by Gasteiger charge is 2.30. The average molecular weight is 240 g/mol. The second-order valence-electron chi connectivity index (χ2n) is 6.27. The van der Waals surface area contributed by atoms with Crippen LogP contribution in [0.15, 0.2) is 0 Å². The Balaban J connectivity index is 2.50. The zero-order valence-electron chi connectivity index (χ0n) is 12.5. The number of nitrogens with one attached hydrogen (secondary N) is 1. The van der Waals surface area contributed by atoms with Gasteiger partial charge in [0.1, 0.15) is 0 Å². The Hall–Kier alpha value is -0.0800. The van der Waals surface area contributed by atoms with Crippen molar-refractivity contribution >= 4 is 0 Å². The van der Waals surface area contributed by atoms with Crippen molar-refractivity contribution in [2.24, 2.45) is 11.8 Å². The Kier molecular flexibility index (Phi) is 6.50. The molecule has 1 saturated heterocycles. The molecular weight excluding hydrogens is 208 g/mol. The van der Waals surface area contributed by atoms with Gasteiger partial charge in [0.15, 0.2) is 0 Å². The molecule has 0 spiro atoms. The summed E-state index contributed by atoms with van der Waals surface area (Å²) >= 11 is 0. The van der Waals surface area contributed by atoms with Crippen LogP contribution in [0, 0.1) is 11.8 Å². The highest BCUT2D eigenvalue weighted by Crippen LogP contribution is 2.19. The molecule has 0 aromatic carbocycles. The lowest BCUT2D eigenvalue weighted by Crippen LogP contribution is -2.59. The molecule has 0 aliphatic carbocycles. The van der Waals surface area contributed by atoms with Crippen LogP contribution in [-0.4, -0.2) is 36.6 Å². The summed E-state index contributed by atoms with van der Waals surface area (Å²) in [6.07, 6.45) is 4.07. The molecular formula is C15H32N2. The first kappa shape index (κ1) is 15.0. The molecule has 1 aliphatic heterocycles. The molecule has 0 bridgehead atoms. The Labute approximate surface area is 108 Å². The molecule has 2 heteroatoms. The minimum atomic E-state index is 0.687. The van der Waals surface area contributed by atoms with E-state index in [9.17, 15) is 0 Å². The van der Waals surface area contributed by atoms with Gasteiger partial charge in [-0.3, -0.25) is 4.90 Å². The largest absolute Gasteiger partial charge is 0.311 e. The van der Waals surface area contributed by atoms with Gasteiger partial charge >= 0.3 is 0 Å². The summed E-state index contributed by atoms with van der Waals surface area (Å²) in [4.78, 5) is 2.74. The highest BCUT2D eigenvalue weighted by atomic mass is 15.2. The zero-order valence-corrected chi connectivity index (χ0v) is 12.5. The van der Waals surface area contributed by atoms with Crippen molar-refractivity contribution in [3.05, 3.63) is 0 Å². The average Bonchev–Trinajstić information content (AvgIpc) is 2.28. The Morgan fingerprint density at radius 1 is 1.12 bits per heavy atom. The van der Waals surface area contributed by atoms with Crippen LogP contribution in [0.3, 0.4) is 0 Å². The van der Waals surface area contributed by atoms with Gasteiger partial charge in [0.25, 0.3) is 0 Å². The van der Waals surface area contributed by atoms with Crippen molar-refractivity contribution in [3.8, 4) is 0 Å². The third-order valence-electron chi connectivity index (χ3n) is 4.11. The maximum atomic E-state index is 3.73. The molecule has 1 heterocycles. The van der Waals surface area contributed by atoms with E-state index >= 15 is 0 Å². The van der Waals surface area contributed by atoms with Crippen LogP contribution in [-0.2, 0) is 0 Å². The fourth-order valence-electron chi connectivity index (χ4n) is 2.78. The molecule has 0 aromatic heterocycles. The first-order chi connectivity index (χ1) is 8.06. The van der Waals surface area contributed by atoms with Gasteiger partial charge in [-0.25, -0.2) is 0 Å². The lowest BCUT2D eigenvalue weighted by Gasteiger charge is -2.43. The lowest BCUT2D eigenvalue weighted by molar-refractivity contribution is 0.0835. The predicted octanol–water partition coefficient (Wildman–Crippen LogP) is 3.13. The van der Waals surface area contributed by atoms with Gasteiger partial charge in [0.05, 0.1) is 0 Å². The highest BCUT2D eigenvalue weighted by molar-refractivity contribution is 4.88. The lowest BCUT2D eigenvalue weighted by atomic mass is 9.94. The van der Waals surface area contributed by atoms with Crippen molar-refractivity contribution in [1.82, 2.24) is 10.2 Å². The van der Waals surface area contributed by atoms with Crippen LogP contribution in [0.25, 0.3) is 0 Å². The van der Waals surface area contributed by atoms with E-state index in [1.807, 2.05) is 0 Å². The van der Waals surface area contributed by atoms with E-state index < -0.39 is 0 Å². The number of hydrogen-bond donors (Lipinski definition) is 1. The maximum absolute atomic E-state index is 3.73. The summed E-state index contributed by atoms with van der Waals surface area (Å²) in [7, 11) is 0.